The van der Waals surface area contributed by atoms with E-state index >= 15 is 0 Å². The maximum absolute atomic E-state index is 13.8. The van der Waals surface area contributed by atoms with E-state index in [0.29, 0.717) is 46.7 Å². The van der Waals surface area contributed by atoms with Gasteiger partial charge in [-0.2, -0.15) is 0 Å². The summed E-state index contributed by atoms with van der Waals surface area (Å²) in [6.45, 7) is 0.890. The molecule has 0 radical (unpaired) electrons. The van der Waals surface area contributed by atoms with Crippen LogP contribution in [-0.4, -0.2) is 59.1 Å². The number of nitrogens with zero attached hydrogens (tertiary/aromatic N) is 3. The third-order valence-electron chi connectivity index (χ3n) is 6.60. The second-order valence-electron chi connectivity index (χ2n) is 8.75. The van der Waals surface area contributed by atoms with E-state index in [1.54, 1.807) is 55.0 Å². The summed E-state index contributed by atoms with van der Waals surface area (Å²) in [7, 11) is 4.54. The predicted molar refractivity (Wildman–Crippen MR) is 138 cm³/mol. The van der Waals surface area contributed by atoms with Crippen LogP contribution >= 0.6 is 0 Å². The molecule has 0 bridgehead atoms. The smallest absolute Gasteiger partial charge is 0.290 e. The van der Waals surface area contributed by atoms with Crippen LogP contribution in [0.1, 0.15) is 28.6 Å². The van der Waals surface area contributed by atoms with Crippen LogP contribution in [0, 0.1) is 0 Å². The summed E-state index contributed by atoms with van der Waals surface area (Å²) in [6, 6.07) is 11.2. The largest absolute Gasteiger partial charge is 0.503 e. The van der Waals surface area contributed by atoms with E-state index in [-0.39, 0.29) is 17.9 Å². The number of benzene rings is 2. The Morgan fingerprint density at radius 2 is 1.82 bits per heavy atom. The quantitative estimate of drug-likeness (QED) is 0.309. The summed E-state index contributed by atoms with van der Waals surface area (Å²) < 4.78 is 23.9. The Bertz CT molecular complexity index is 1520. The number of imidazole rings is 1. The highest BCUT2D eigenvalue weighted by Crippen LogP contribution is 2.42. The van der Waals surface area contributed by atoms with Crippen molar-refractivity contribution < 1.29 is 33.3 Å². The van der Waals surface area contributed by atoms with Crippen molar-refractivity contribution in [1.29, 1.82) is 0 Å². The van der Waals surface area contributed by atoms with Crippen molar-refractivity contribution in [3.8, 4) is 17.2 Å². The summed E-state index contributed by atoms with van der Waals surface area (Å²) >= 11 is 0. The summed E-state index contributed by atoms with van der Waals surface area (Å²) in [5.74, 6) is -0.437. The topological polar surface area (TPSA) is 116 Å². The fraction of sp³-hybridized carbons (Fsp3) is 0.250. The lowest BCUT2D eigenvalue weighted by atomic mass is 9.94. The molecule has 1 atom stereocenters. The van der Waals surface area contributed by atoms with Crippen molar-refractivity contribution in [2.75, 3.05) is 27.9 Å². The minimum Gasteiger partial charge on any atom is -0.503 e. The number of aromatic nitrogens is 2. The molecule has 2 aromatic heterocycles. The summed E-state index contributed by atoms with van der Waals surface area (Å²) in [5, 5.41) is 11.7. The number of aliphatic hydroxyl groups is 1. The molecule has 10 heteroatoms. The molecule has 3 heterocycles. The first-order chi connectivity index (χ1) is 18.5. The normalized spacial score (nSPS) is 15.4. The summed E-state index contributed by atoms with van der Waals surface area (Å²) in [5.41, 5.74) is 0.921. The first-order valence-corrected chi connectivity index (χ1v) is 12.0. The van der Waals surface area contributed by atoms with Gasteiger partial charge in [-0.25, -0.2) is 4.98 Å². The van der Waals surface area contributed by atoms with Crippen LogP contribution in [-0.2, 0) is 11.3 Å². The van der Waals surface area contributed by atoms with Gasteiger partial charge in [-0.1, -0.05) is 18.2 Å². The SMILES string of the molecule is COc1ccc(C2C(C(=O)c3cc4cccc(OC)c4o3)=C(O)C(=O)N2CCCn2ccnc2)cc1OC. The van der Waals surface area contributed by atoms with Gasteiger partial charge in [-0.05, 0) is 36.2 Å². The van der Waals surface area contributed by atoms with Gasteiger partial charge in [0.1, 0.15) is 0 Å². The van der Waals surface area contributed by atoms with Crippen LogP contribution in [0.5, 0.6) is 17.2 Å². The zero-order valence-corrected chi connectivity index (χ0v) is 21.2. The first kappa shape index (κ1) is 24.9. The predicted octanol–water partition coefficient (Wildman–Crippen LogP) is 4.32. The molecule has 2 aromatic carbocycles. The van der Waals surface area contributed by atoms with Gasteiger partial charge in [0.15, 0.2) is 34.4 Å². The average Bonchev–Trinajstić information content (AvgIpc) is 3.67. The molecule has 1 aliphatic heterocycles. The molecule has 1 unspecified atom stereocenters. The number of furan rings is 1. The second kappa shape index (κ2) is 10.3. The molecule has 4 aromatic rings. The number of hydrogen-bond donors (Lipinski definition) is 1. The molecule has 0 saturated carbocycles. The second-order valence-corrected chi connectivity index (χ2v) is 8.75. The number of methoxy groups -OCH3 is 3. The van der Waals surface area contributed by atoms with Gasteiger partial charge in [-0.3, -0.25) is 9.59 Å². The number of carbonyl (C=O) groups excluding carboxylic acids is 2. The molecule has 0 fully saturated rings. The number of rotatable bonds is 10. The minimum atomic E-state index is -0.868. The van der Waals surface area contributed by atoms with E-state index in [9.17, 15) is 14.7 Å². The summed E-state index contributed by atoms with van der Waals surface area (Å²) in [6.07, 6.45) is 5.78. The van der Waals surface area contributed by atoms with E-state index in [0.717, 1.165) is 0 Å². The highest BCUT2D eigenvalue weighted by atomic mass is 16.5. The molecule has 1 amide bonds. The number of hydrogen-bond acceptors (Lipinski definition) is 8. The Kier molecular flexibility index (Phi) is 6.78. The van der Waals surface area contributed by atoms with Gasteiger partial charge >= 0.3 is 0 Å². The summed E-state index contributed by atoms with van der Waals surface area (Å²) in [4.78, 5) is 32.7. The lowest BCUT2D eigenvalue weighted by Crippen LogP contribution is -2.32. The zero-order chi connectivity index (χ0) is 26.8. The van der Waals surface area contributed by atoms with Gasteiger partial charge in [0.05, 0.1) is 39.3 Å². The van der Waals surface area contributed by atoms with Crippen molar-refractivity contribution in [2.45, 2.75) is 19.0 Å². The van der Waals surface area contributed by atoms with Crippen molar-refractivity contribution in [3.05, 3.63) is 83.8 Å². The molecule has 38 heavy (non-hydrogen) atoms. The standard InChI is InChI=1S/C28H27N3O7/c1-35-19-9-8-17(14-21(19)37-3)24-23(25(32)22-15-18-6-4-7-20(36-2)27(18)38-22)26(33)28(34)31(24)12-5-11-30-13-10-29-16-30/h4,6-10,13-16,24,33H,5,11-12H2,1-3H3. The van der Waals surface area contributed by atoms with Gasteiger partial charge in [0.2, 0.25) is 5.78 Å². The van der Waals surface area contributed by atoms with Gasteiger partial charge < -0.3 is 33.2 Å². The van der Waals surface area contributed by atoms with E-state index in [4.69, 9.17) is 18.6 Å². The number of carbonyl (C=O) groups is 2. The van der Waals surface area contributed by atoms with Crippen LogP contribution in [0.4, 0.5) is 0 Å². The average molecular weight is 518 g/mol. The van der Waals surface area contributed by atoms with Crippen molar-refractivity contribution in [1.82, 2.24) is 14.5 Å². The zero-order valence-electron chi connectivity index (χ0n) is 21.2. The fourth-order valence-electron chi connectivity index (χ4n) is 4.77. The van der Waals surface area contributed by atoms with E-state index in [1.165, 1.54) is 26.2 Å². The number of aliphatic hydroxyl groups excluding tert-OH is 1. The van der Waals surface area contributed by atoms with Crippen molar-refractivity contribution >= 4 is 22.7 Å². The molecule has 5 rings (SSSR count). The van der Waals surface area contributed by atoms with Crippen molar-refractivity contribution in [2.24, 2.45) is 0 Å². The number of Topliss-reactive ketones (excluding diaryl/α,β-unsaturated/α-hetero) is 1. The third kappa shape index (κ3) is 4.34. The molecular weight excluding hydrogens is 490 g/mol. The minimum absolute atomic E-state index is 0.00964. The van der Waals surface area contributed by atoms with Gasteiger partial charge in [0.25, 0.3) is 5.91 Å². The number of amides is 1. The highest BCUT2D eigenvalue weighted by Gasteiger charge is 2.44. The number of fused-ring (bicyclic) bond motifs is 1. The Morgan fingerprint density at radius 3 is 2.53 bits per heavy atom. The molecule has 0 saturated heterocycles. The Balaban J connectivity index is 1.55. The van der Waals surface area contributed by atoms with Gasteiger partial charge in [0, 0.05) is 30.9 Å². The molecule has 196 valence electrons. The highest BCUT2D eigenvalue weighted by molar-refractivity contribution is 6.16. The van der Waals surface area contributed by atoms with Crippen LogP contribution < -0.4 is 14.2 Å². The molecule has 10 nitrogen and oxygen atoms in total. The number of ketones is 1. The van der Waals surface area contributed by atoms with E-state index in [1.807, 2.05) is 10.8 Å². The molecular formula is C28H27N3O7. The Morgan fingerprint density at radius 1 is 1.03 bits per heavy atom. The molecule has 0 spiro atoms. The van der Waals surface area contributed by atoms with E-state index < -0.39 is 23.5 Å². The Labute approximate surface area is 218 Å². The van der Waals surface area contributed by atoms with Crippen LogP contribution in [0.25, 0.3) is 11.0 Å². The molecule has 0 aliphatic carbocycles. The maximum atomic E-state index is 13.8. The lowest BCUT2D eigenvalue weighted by molar-refractivity contribution is -0.129. The van der Waals surface area contributed by atoms with Gasteiger partial charge in [-0.15, -0.1) is 0 Å². The molecule has 1 N–H and O–H groups in total. The van der Waals surface area contributed by atoms with Crippen LogP contribution in [0.3, 0.4) is 0 Å². The maximum Gasteiger partial charge on any atom is 0.290 e. The molecule has 1 aliphatic rings. The number of para-hydroxylation sites is 1. The Hall–Kier alpha value is -4.73. The fourth-order valence-corrected chi connectivity index (χ4v) is 4.77. The van der Waals surface area contributed by atoms with Crippen LogP contribution in [0.2, 0.25) is 0 Å². The number of aryl methyl sites for hydroxylation is 1. The van der Waals surface area contributed by atoms with E-state index in [2.05, 4.69) is 4.98 Å². The number of ether oxygens (including phenoxy) is 3. The monoisotopic (exact) mass is 517 g/mol. The van der Waals surface area contributed by atoms with Crippen molar-refractivity contribution in [3.63, 3.8) is 0 Å². The lowest BCUT2D eigenvalue weighted by Gasteiger charge is -2.27. The van der Waals surface area contributed by atoms with Crippen LogP contribution in [0.15, 0.2) is 76.9 Å². The third-order valence-corrected chi connectivity index (χ3v) is 6.60. The first-order valence-electron chi connectivity index (χ1n) is 12.0.